The first kappa shape index (κ1) is 26.2. The molecule has 1 heterocycles. The molecule has 1 rings (SSSR count). The molecule has 1 aliphatic rings. The van der Waals surface area contributed by atoms with Crippen molar-refractivity contribution in [3.05, 3.63) is 0 Å². The molecule has 11 nitrogen and oxygen atoms in total. The van der Waals surface area contributed by atoms with E-state index in [4.69, 9.17) is 14.3 Å². The van der Waals surface area contributed by atoms with Gasteiger partial charge in [0, 0.05) is 31.7 Å². The van der Waals surface area contributed by atoms with Gasteiger partial charge in [0.15, 0.2) is 5.78 Å². The molecule has 31 heavy (non-hydrogen) atoms. The number of Topliss-reactive ketones (excluding diaryl/α,β-unsaturated/α-hetero) is 1. The van der Waals surface area contributed by atoms with Gasteiger partial charge in [0.25, 0.3) is 11.8 Å². The van der Waals surface area contributed by atoms with Gasteiger partial charge in [-0.3, -0.25) is 19.2 Å². The molecule has 174 valence electrons. The summed E-state index contributed by atoms with van der Waals surface area (Å²) in [4.78, 5) is 73.8. The zero-order valence-corrected chi connectivity index (χ0v) is 18.2. The van der Waals surface area contributed by atoms with Crippen LogP contribution in [0.5, 0.6) is 0 Å². The smallest absolute Gasteiger partial charge is 0.333 e. The van der Waals surface area contributed by atoms with Crippen molar-refractivity contribution in [3.8, 4) is 0 Å². The van der Waals surface area contributed by atoms with E-state index in [-0.39, 0.29) is 45.1 Å². The summed E-state index contributed by atoms with van der Waals surface area (Å²) in [5.41, 5.74) is -2.19. The summed E-state index contributed by atoms with van der Waals surface area (Å²) in [5.74, 6) is -4.50. The van der Waals surface area contributed by atoms with E-state index >= 15 is 0 Å². The van der Waals surface area contributed by atoms with E-state index in [0.717, 1.165) is 0 Å². The molecule has 0 saturated carbocycles. The van der Waals surface area contributed by atoms with Crippen molar-refractivity contribution in [2.75, 3.05) is 6.61 Å². The maximum Gasteiger partial charge on any atom is 0.333 e. The second-order valence-electron chi connectivity index (χ2n) is 8.18. The number of hydrogen-bond donors (Lipinski definition) is 0. The molecule has 1 fully saturated rings. The molecule has 0 spiro atoms. The van der Waals surface area contributed by atoms with Gasteiger partial charge in [-0.15, -0.1) is 5.06 Å². The van der Waals surface area contributed by atoms with Gasteiger partial charge >= 0.3 is 11.9 Å². The average molecular weight is 442 g/mol. The summed E-state index contributed by atoms with van der Waals surface area (Å²) in [7, 11) is 0. The van der Waals surface area contributed by atoms with Crippen molar-refractivity contribution >= 4 is 35.5 Å². The summed E-state index contributed by atoms with van der Waals surface area (Å²) in [6, 6.07) is 0. The lowest BCUT2D eigenvalue weighted by Gasteiger charge is -2.29. The topological polar surface area (TPSA) is 156 Å². The lowest BCUT2D eigenvalue weighted by molar-refractivity contribution is -0.305. The predicted octanol–water partition coefficient (Wildman–Crippen LogP) is -0.0199. The zero-order chi connectivity index (χ0) is 23.8. The van der Waals surface area contributed by atoms with Crippen LogP contribution in [-0.2, 0) is 43.1 Å². The van der Waals surface area contributed by atoms with Crippen LogP contribution < -0.4 is 5.11 Å². The largest absolute Gasteiger partial charge is 0.550 e. The number of imide groups is 1. The number of ether oxygens (including phenoxy) is 2. The van der Waals surface area contributed by atoms with Gasteiger partial charge in [0.05, 0.1) is 19.4 Å². The fourth-order valence-corrected chi connectivity index (χ4v) is 2.57. The van der Waals surface area contributed by atoms with Crippen LogP contribution in [0.2, 0.25) is 0 Å². The van der Waals surface area contributed by atoms with Crippen LogP contribution in [-0.4, -0.2) is 58.4 Å². The highest BCUT2D eigenvalue weighted by Crippen LogP contribution is 2.21. The Morgan fingerprint density at radius 3 is 2.00 bits per heavy atom. The third kappa shape index (κ3) is 9.24. The monoisotopic (exact) mass is 442 g/mol. The van der Waals surface area contributed by atoms with Crippen molar-refractivity contribution in [2.45, 2.75) is 83.8 Å². The predicted molar refractivity (Wildman–Crippen MR) is 100 cm³/mol. The number of amides is 2. The standard InChI is InChI=1S/C20H29NO10/c1-19(2,30-17(27)10-8-16(25)26)11-12-29-20(3,4)13(22)5-9-18(28)31-21-14(23)6-7-15(21)24/h5-12H2,1-4H3,(H,25,26)/p-1. The number of carboxylic acid groups (broad SMARTS) is 1. The molecule has 0 bridgehead atoms. The van der Waals surface area contributed by atoms with Crippen LogP contribution in [0.4, 0.5) is 0 Å². The van der Waals surface area contributed by atoms with Gasteiger partial charge in [-0.05, 0) is 34.1 Å². The van der Waals surface area contributed by atoms with Crippen molar-refractivity contribution in [2.24, 2.45) is 0 Å². The third-order valence-electron chi connectivity index (χ3n) is 4.52. The SMILES string of the molecule is CC(C)(CCOC(C)(C)C(=O)CCC(=O)ON1C(=O)CCC1=O)OC(=O)CCC(=O)[O-]. The van der Waals surface area contributed by atoms with E-state index in [9.17, 15) is 33.9 Å². The van der Waals surface area contributed by atoms with E-state index in [1.807, 2.05) is 0 Å². The van der Waals surface area contributed by atoms with Crippen LogP contribution in [0.15, 0.2) is 0 Å². The van der Waals surface area contributed by atoms with E-state index in [0.29, 0.717) is 5.06 Å². The van der Waals surface area contributed by atoms with Gasteiger partial charge in [-0.25, -0.2) is 4.79 Å². The van der Waals surface area contributed by atoms with Crippen molar-refractivity contribution in [1.29, 1.82) is 0 Å². The maximum absolute atomic E-state index is 12.4. The minimum Gasteiger partial charge on any atom is -0.550 e. The molecule has 11 heteroatoms. The number of aliphatic carboxylic acids is 1. The molecule has 0 radical (unpaired) electrons. The lowest BCUT2D eigenvalue weighted by atomic mass is 9.99. The van der Waals surface area contributed by atoms with Gasteiger partial charge in [0.1, 0.15) is 11.2 Å². The Balaban J connectivity index is 2.39. The molecule has 1 saturated heterocycles. The molecule has 0 unspecified atom stereocenters. The van der Waals surface area contributed by atoms with E-state index in [2.05, 4.69) is 0 Å². The second kappa shape index (κ2) is 11.0. The van der Waals surface area contributed by atoms with Crippen LogP contribution >= 0.6 is 0 Å². The highest BCUT2D eigenvalue weighted by molar-refractivity contribution is 6.01. The first-order chi connectivity index (χ1) is 14.2. The van der Waals surface area contributed by atoms with Crippen molar-refractivity contribution < 1.29 is 48.2 Å². The minimum atomic E-state index is -1.35. The summed E-state index contributed by atoms with van der Waals surface area (Å²) in [5, 5.41) is 10.8. The number of carbonyl (C=O) groups excluding carboxylic acids is 6. The quantitative estimate of drug-likeness (QED) is 0.280. The number of carboxylic acids is 1. The molecule has 0 aromatic rings. The minimum absolute atomic E-state index is 0.0195. The first-order valence-electron chi connectivity index (χ1n) is 9.89. The van der Waals surface area contributed by atoms with Crippen LogP contribution in [0.1, 0.15) is 72.6 Å². The van der Waals surface area contributed by atoms with E-state index in [1.165, 1.54) is 13.8 Å². The Labute approximate surface area is 179 Å². The third-order valence-corrected chi connectivity index (χ3v) is 4.52. The summed E-state index contributed by atoms with van der Waals surface area (Å²) in [6.07, 6.45) is -1.09. The van der Waals surface area contributed by atoms with Crippen molar-refractivity contribution in [1.82, 2.24) is 5.06 Å². The van der Waals surface area contributed by atoms with E-state index < -0.39 is 53.1 Å². The van der Waals surface area contributed by atoms with Crippen molar-refractivity contribution in [3.63, 3.8) is 0 Å². The maximum atomic E-state index is 12.4. The number of rotatable bonds is 13. The highest BCUT2D eigenvalue weighted by atomic mass is 16.7. The summed E-state index contributed by atoms with van der Waals surface area (Å²) >= 11 is 0. The number of nitrogens with zero attached hydrogens (tertiary/aromatic N) is 1. The summed E-state index contributed by atoms with van der Waals surface area (Å²) < 4.78 is 10.8. The molecule has 0 aromatic heterocycles. The fraction of sp³-hybridized carbons (Fsp3) is 0.700. The number of ketones is 1. The van der Waals surface area contributed by atoms with Crippen LogP contribution in [0.3, 0.4) is 0 Å². The Morgan fingerprint density at radius 2 is 1.45 bits per heavy atom. The van der Waals surface area contributed by atoms with Gasteiger partial charge in [-0.1, -0.05) is 0 Å². The fourth-order valence-electron chi connectivity index (χ4n) is 2.57. The summed E-state index contributed by atoms with van der Waals surface area (Å²) in [6.45, 7) is 6.35. The molecular weight excluding hydrogens is 414 g/mol. The molecule has 2 amide bonds. The Morgan fingerprint density at radius 1 is 0.903 bits per heavy atom. The molecule has 0 atom stereocenters. The Bertz CT molecular complexity index is 724. The molecule has 0 aliphatic carbocycles. The Kier molecular flexibility index (Phi) is 9.29. The van der Waals surface area contributed by atoms with Crippen LogP contribution in [0.25, 0.3) is 0 Å². The zero-order valence-electron chi connectivity index (χ0n) is 18.2. The van der Waals surface area contributed by atoms with Gasteiger partial charge in [-0.2, -0.15) is 0 Å². The van der Waals surface area contributed by atoms with Gasteiger partial charge < -0.3 is 24.2 Å². The number of hydroxylamine groups is 2. The highest BCUT2D eigenvalue weighted by Gasteiger charge is 2.34. The first-order valence-corrected chi connectivity index (χ1v) is 9.89. The number of esters is 1. The lowest BCUT2D eigenvalue weighted by Crippen LogP contribution is -2.38. The normalized spacial score (nSPS) is 14.5. The molecule has 0 aromatic carbocycles. The average Bonchev–Trinajstić information content (AvgIpc) is 2.95. The van der Waals surface area contributed by atoms with Crippen LogP contribution in [0, 0.1) is 0 Å². The number of hydrogen-bond acceptors (Lipinski definition) is 10. The Hall–Kier alpha value is -2.82. The molecule has 0 N–H and O–H groups in total. The number of carbonyl (C=O) groups is 6. The molecule has 1 aliphatic heterocycles. The molecular formula is C20H28NO10-. The van der Waals surface area contributed by atoms with E-state index in [1.54, 1.807) is 13.8 Å². The van der Waals surface area contributed by atoms with Gasteiger partial charge in [0.2, 0.25) is 0 Å². The second-order valence-corrected chi connectivity index (χ2v) is 8.18.